The third-order valence-corrected chi connectivity index (χ3v) is 5.60. The third-order valence-electron chi connectivity index (χ3n) is 5.60. The molecule has 2 aliphatic rings. The number of carbonyl (C=O) groups excluding carboxylic acids is 1. The van der Waals surface area contributed by atoms with Crippen molar-refractivity contribution in [3.8, 4) is 5.75 Å². The highest BCUT2D eigenvalue weighted by atomic mass is 16.6. The first kappa shape index (κ1) is 16.8. The van der Waals surface area contributed by atoms with Crippen LogP contribution in [0.2, 0.25) is 0 Å². The Morgan fingerprint density at radius 3 is 2.62 bits per heavy atom. The zero-order valence-electron chi connectivity index (χ0n) is 15.0. The summed E-state index contributed by atoms with van der Waals surface area (Å²) < 4.78 is 11.0. The van der Waals surface area contributed by atoms with Crippen molar-refractivity contribution in [2.24, 2.45) is 0 Å². The third kappa shape index (κ3) is 2.98. The number of methoxy groups -OCH3 is 1. The van der Waals surface area contributed by atoms with Crippen molar-refractivity contribution in [1.29, 1.82) is 0 Å². The largest absolute Gasteiger partial charge is 0.495 e. The van der Waals surface area contributed by atoms with Gasteiger partial charge >= 0.3 is 6.09 Å². The zero-order chi connectivity index (χ0) is 18.0. The van der Waals surface area contributed by atoms with Gasteiger partial charge in [0.2, 0.25) is 0 Å². The summed E-state index contributed by atoms with van der Waals surface area (Å²) in [7, 11) is 1.70. The Labute approximate surface area is 153 Å². The first-order valence-corrected chi connectivity index (χ1v) is 9.09. The number of hydrogen-bond acceptors (Lipinski definition) is 4. The second-order valence-corrected chi connectivity index (χ2v) is 7.04. The number of hydrogen-bond donors (Lipinski definition) is 1. The maximum atomic E-state index is 12.4. The standard InChI is InChI=1S/C21H24N2O3/c1-25-18-9-5-8-17-19(18)22-15-21(17)10-12-23(13-11-21)20(24)26-14-16-6-3-2-4-7-16/h2-9,22H,10-15H2,1H3. The fourth-order valence-corrected chi connectivity index (χ4v) is 4.05. The monoisotopic (exact) mass is 352 g/mol. The first-order valence-electron chi connectivity index (χ1n) is 9.09. The highest BCUT2D eigenvalue weighted by molar-refractivity contribution is 5.70. The van der Waals surface area contributed by atoms with E-state index in [2.05, 4.69) is 11.4 Å². The minimum atomic E-state index is -0.222. The number of fused-ring (bicyclic) bond motifs is 2. The van der Waals surface area contributed by atoms with E-state index in [1.54, 1.807) is 7.11 Å². The Bertz CT molecular complexity index is 783. The molecule has 1 saturated heterocycles. The summed E-state index contributed by atoms with van der Waals surface area (Å²) in [4.78, 5) is 14.2. The van der Waals surface area contributed by atoms with E-state index in [1.807, 2.05) is 47.4 Å². The SMILES string of the molecule is COc1cccc2c1NCC21CCN(C(=O)OCc2ccccc2)CC1. The summed E-state index contributed by atoms with van der Waals surface area (Å²) in [5.41, 5.74) is 3.51. The van der Waals surface area contributed by atoms with Crippen molar-refractivity contribution >= 4 is 11.8 Å². The van der Waals surface area contributed by atoms with Crippen LogP contribution >= 0.6 is 0 Å². The molecule has 5 nitrogen and oxygen atoms in total. The molecule has 1 fully saturated rings. The van der Waals surface area contributed by atoms with Gasteiger partial charge in [0.1, 0.15) is 12.4 Å². The summed E-state index contributed by atoms with van der Waals surface area (Å²) in [6.07, 6.45) is 1.64. The molecule has 0 aromatic heterocycles. The molecule has 26 heavy (non-hydrogen) atoms. The Morgan fingerprint density at radius 1 is 1.12 bits per heavy atom. The number of para-hydroxylation sites is 1. The van der Waals surface area contributed by atoms with E-state index < -0.39 is 0 Å². The summed E-state index contributed by atoms with van der Waals surface area (Å²) in [5, 5.41) is 3.51. The molecule has 0 bridgehead atoms. The predicted octanol–water partition coefficient (Wildman–Crippen LogP) is 3.79. The van der Waals surface area contributed by atoms with E-state index >= 15 is 0 Å². The van der Waals surface area contributed by atoms with Crippen molar-refractivity contribution < 1.29 is 14.3 Å². The number of benzene rings is 2. The molecule has 2 aromatic carbocycles. The van der Waals surface area contributed by atoms with Crippen molar-refractivity contribution in [2.45, 2.75) is 24.9 Å². The minimum Gasteiger partial charge on any atom is -0.495 e. The van der Waals surface area contributed by atoms with Gasteiger partial charge in [-0.15, -0.1) is 0 Å². The lowest BCUT2D eigenvalue weighted by atomic mass is 9.74. The van der Waals surface area contributed by atoms with Crippen LogP contribution in [-0.4, -0.2) is 37.7 Å². The molecule has 0 atom stereocenters. The number of anilines is 1. The predicted molar refractivity (Wildman–Crippen MR) is 101 cm³/mol. The van der Waals surface area contributed by atoms with E-state index in [4.69, 9.17) is 9.47 Å². The molecule has 0 unspecified atom stereocenters. The Kier molecular flexibility index (Phi) is 4.45. The van der Waals surface area contributed by atoms with E-state index in [0.29, 0.717) is 19.7 Å². The number of amides is 1. The van der Waals surface area contributed by atoms with E-state index in [9.17, 15) is 4.79 Å². The van der Waals surface area contributed by atoms with Gasteiger partial charge in [-0.05, 0) is 30.0 Å². The maximum absolute atomic E-state index is 12.4. The molecule has 1 amide bonds. The van der Waals surface area contributed by atoms with Gasteiger partial charge in [-0.1, -0.05) is 42.5 Å². The summed E-state index contributed by atoms with van der Waals surface area (Å²) in [6.45, 7) is 2.65. The molecule has 1 N–H and O–H groups in total. The van der Waals surface area contributed by atoms with Crippen LogP contribution in [0.1, 0.15) is 24.0 Å². The number of nitrogens with one attached hydrogen (secondary N) is 1. The average Bonchev–Trinajstić information content (AvgIpc) is 3.06. The quantitative estimate of drug-likeness (QED) is 0.913. The number of rotatable bonds is 3. The van der Waals surface area contributed by atoms with Gasteiger partial charge in [0.25, 0.3) is 0 Å². The number of ether oxygens (including phenoxy) is 2. The zero-order valence-corrected chi connectivity index (χ0v) is 15.0. The van der Waals surface area contributed by atoms with Crippen LogP contribution in [-0.2, 0) is 16.8 Å². The average molecular weight is 352 g/mol. The topological polar surface area (TPSA) is 50.8 Å². The van der Waals surface area contributed by atoms with Crippen LogP contribution < -0.4 is 10.1 Å². The molecule has 1 spiro atoms. The number of carbonyl (C=O) groups is 1. The van der Waals surface area contributed by atoms with Crippen LogP contribution in [0, 0.1) is 0 Å². The molecule has 136 valence electrons. The van der Waals surface area contributed by atoms with Crippen molar-refractivity contribution in [2.75, 3.05) is 32.1 Å². The number of nitrogens with zero attached hydrogens (tertiary/aromatic N) is 1. The molecule has 4 rings (SSSR count). The molecule has 0 radical (unpaired) electrons. The maximum Gasteiger partial charge on any atom is 0.410 e. The Hall–Kier alpha value is -2.69. The first-order chi connectivity index (χ1) is 12.7. The molecule has 5 heteroatoms. The van der Waals surface area contributed by atoms with E-state index in [1.165, 1.54) is 5.56 Å². The van der Waals surface area contributed by atoms with Gasteiger partial charge < -0.3 is 19.7 Å². The smallest absolute Gasteiger partial charge is 0.410 e. The lowest BCUT2D eigenvalue weighted by Crippen LogP contribution is -2.46. The number of piperidine rings is 1. The van der Waals surface area contributed by atoms with Crippen molar-refractivity contribution in [3.63, 3.8) is 0 Å². The Morgan fingerprint density at radius 2 is 1.88 bits per heavy atom. The van der Waals surface area contributed by atoms with Gasteiger partial charge in [-0.2, -0.15) is 0 Å². The van der Waals surface area contributed by atoms with Crippen LogP contribution in [0.4, 0.5) is 10.5 Å². The van der Waals surface area contributed by atoms with Crippen LogP contribution in [0.15, 0.2) is 48.5 Å². The lowest BCUT2D eigenvalue weighted by Gasteiger charge is -2.38. The second-order valence-electron chi connectivity index (χ2n) is 7.04. The van der Waals surface area contributed by atoms with E-state index in [-0.39, 0.29) is 11.5 Å². The van der Waals surface area contributed by atoms with Crippen molar-refractivity contribution in [1.82, 2.24) is 4.90 Å². The Balaban J connectivity index is 1.39. The molecule has 2 heterocycles. The minimum absolute atomic E-state index is 0.0834. The normalized spacial score (nSPS) is 17.5. The molecule has 2 aromatic rings. The molecular formula is C21H24N2O3. The highest BCUT2D eigenvalue weighted by Crippen LogP contribution is 2.47. The van der Waals surface area contributed by atoms with Crippen LogP contribution in [0.5, 0.6) is 5.75 Å². The van der Waals surface area contributed by atoms with Crippen LogP contribution in [0.3, 0.4) is 0 Å². The van der Waals surface area contributed by atoms with Gasteiger partial charge in [-0.3, -0.25) is 0 Å². The molecule has 0 aliphatic carbocycles. The number of likely N-dealkylation sites (tertiary alicyclic amines) is 1. The van der Waals surface area contributed by atoms with Gasteiger partial charge in [-0.25, -0.2) is 4.79 Å². The molecule has 0 saturated carbocycles. The molecular weight excluding hydrogens is 328 g/mol. The van der Waals surface area contributed by atoms with Crippen molar-refractivity contribution in [3.05, 3.63) is 59.7 Å². The lowest BCUT2D eigenvalue weighted by molar-refractivity contribution is 0.0794. The van der Waals surface area contributed by atoms with E-state index in [0.717, 1.165) is 36.4 Å². The van der Waals surface area contributed by atoms with Crippen LogP contribution in [0.25, 0.3) is 0 Å². The van der Waals surface area contributed by atoms with Gasteiger partial charge in [0.15, 0.2) is 0 Å². The summed E-state index contributed by atoms with van der Waals surface area (Å²) in [6, 6.07) is 16.0. The summed E-state index contributed by atoms with van der Waals surface area (Å²) >= 11 is 0. The summed E-state index contributed by atoms with van der Waals surface area (Å²) in [5.74, 6) is 0.893. The van der Waals surface area contributed by atoms with Gasteiger partial charge in [0.05, 0.1) is 12.8 Å². The highest BCUT2D eigenvalue weighted by Gasteiger charge is 2.43. The molecule has 2 aliphatic heterocycles. The fourth-order valence-electron chi connectivity index (χ4n) is 4.05. The second kappa shape index (κ2) is 6.90. The van der Waals surface area contributed by atoms with Gasteiger partial charge in [0, 0.05) is 25.0 Å². The fraction of sp³-hybridized carbons (Fsp3) is 0.381.